The Hall–Kier alpha value is -14.3. The number of halogens is 3. The summed E-state index contributed by atoms with van der Waals surface area (Å²) < 4.78 is 16.3. The van der Waals surface area contributed by atoms with Gasteiger partial charge in [-0.25, -0.2) is 0 Å². The Morgan fingerprint density at radius 1 is 0.432 bits per heavy atom. The standard InChI is InChI=1S/C27H23ClN2.C24H26N2O2.C19H16N2.C14H14N2.C13H10O.C10H12O2.C8H8Cl2.C6H8N2/c28-19-24-15-8-7-14-23(24)18-26(25-16-9-17-29-20-25)30-27(21-10-3-1-4-11-21)22-12-5-2-6-13-22;1-18-8-10-23(11-9-18)28-17-22(27)16-26-15-21-6-3-2-5-19(21)13-24(26)20-7-4-12-25-14-20;1-3-9-17(10-4-1)19(18-11-5-2-6-12-18)21-15-16-8-7-13-20-14-16;1-2-5-12-10-16-14(8-11(12)4-1)13-6-3-7-15-9-13;14-13(11-7-3-1-4-8-11)12-9-5-2-6-10-12;1-8-2-4-9(5-3-8)11-6-10-7-12-10;9-5-7-3-1-2-4-8(7)6-10;7-4-6-2-1-3-8-5-6/h1-17,20,26H,18-19H2;2-12,14,22,24,27H,13,15-17H2,1H3;1-14H,15H2;1-7,9,14,16H,8,10H2;1-10H;2-5,10H,6-7H2,1H3;1-4H,5-6H2;1-3,5H,4,7H2. The average molecular weight is 1900 g/mol. The maximum Gasteiger partial charge on any atom is 0.193 e. The predicted octanol–water partition coefficient (Wildman–Crippen LogP) is 25.6. The van der Waals surface area contributed by atoms with E-state index < -0.39 is 6.10 Å². The fourth-order valence-corrected chi connectivity index (χ4v) is 16.3. The molecule has 139 heavy (non-hydrogen) atoms. The predicted molar refractivity (Wildman–Crippen MR) is 566 cm³/mol. The van der Waals surface area contributed by atoms with E-state index in [0.717, 1.165) is 129 Å². The molecule has 0 radical (unpaired) electrons. The Morgan fingerprint density at radius 3 is 1.28 bits per heavy atom. The van der Waals surface area contributed by atoms with Gasteiger partial charge in [-0.1, -0.05) is 345 Å². The van der Waals surface area contributed by atoms with Gasteiger partial charge in [0.25, 0.3) is 0 Å². The number of rotatable bonds is 26. The summed E-state index contributed by atoms with van der Waals surface area (Å²) in [6.07, 6.45) is 20.9. The lowest BCUT2D eigenvalue weighted by Gasteiger charge is -2.38. The van der Waals surface area contributed by atoms with E-state index in [-0.39, 0.29) is 24.5 Å². The molecule has 15 nitrogen and oxygen atoms in total. The number of carbonyl (C=O) groups is 1. The molecule has 12 aromatic carbocycles. The number of aliphatic hydroxyl groups is 1. The fraction of sp³-hybridized carbons (Fsp3) is 0.174. The van der Waals surface area contributed by atoms with Crippen molar-refractivity contribution in [2.24, 2.45) is 15.7 Å². The van der Waals surface area contributed by atoms with E-state index in [1.54, 1.807) is 31.0 Å². The number of aliphatic hydroxyl groups excluding tert-OH is 1. The summed E-state index contributed by atoms with van der Waals surface area (Å²) in [5.41, 5.74) is 31.6. The van der Waals surface area contributed by atoms with Gasteiger partial charge in [0.2, 0.25) is 0 Å². The molecule has 3 aliphatic heterocycles. The van der Waals surface area contributed by atoms with Crippen molar-refractivity contribution in [3.8, 4) is 11.5 Å². The van der Waals surface area contributed by atoms with Crippen molar-refractivity contribution in [1.29, 1.82) is 0 Å². The topological polar surface area (TPSA) is 199 Å². The van der Waals surface area contributed by atoms with Crippen molar-refractivity contribution in [2.75, 3.05) is 26.4 Å². The zero-order chi connectivity index (χ0) is 96.5. The molecule has 0 saturated carbocycles. The third-order valence-corrected chi connectivity index (χ3v) is 24.0. The molecule has 0 spiro atoms. The monoisotopic (exact) mass is 1890 g/mol. The highest BCUT2D eigenvalue weighted by atomic mass is 35.5. The highest BCUT2D eigenvalue weighted by molar-refractivity contribution is 6.19. The lowest BCUT2D eigenvalue weighted by molar-refractivity contribution is 0.0438. The minimum atomic E-state index is -0.564. The number of aliphatic imine (C=N–C) groups is 2. The van der Waals surface area contributed by atoms with Crippen LogP contribution >= 0.6 is 34.8 Å². The summed E-state index contributed by atoms with van der Waals surface area (Å²) in [4.78, 5) is 45.1. The average Bonchev–Trinajstić information content (AvgIpc) is 1.64. The number of nitrogens with zero attached hydrogens (tertiary/aromatic N) is 8. The van der Waals surface area contributed by atoms with Crippen LogP contribution in [0.5, 0.6) is 11.5 Å². The summed E-state index contributed by atoms with van der Waals surface area (Å²) in [7, 11) is 0. The van der Waals surface area contributed by atoms with Crippen LogP contribution < -0.4 is 20.5 Å². The zero-order valence-corrected chi connectivity index (χ0v) is 80.6. The Bertz CT molecular complexity index is 6300. The van der Waals surface area contributed by atoms with Crippen LogP contribution in [-0.4, -0.2) is 90.7 Å². The Morgan fingerprint density at radius 2 is 0.835 bits per heavy atom. The number of hydrogen-bond acceptors (Lipinski definition) is 15. The lowest BCUT2D eigenvalue weighted by Crippen LogP contribution is -2.41. The first kappa shape index (κ1) is 102. The first-order valence-corrected chi connectivity index (χ1v) is 48.3. The number of fused-ring (bicyclic) bond motifs is 2. The number of benzene rings is 12. The number of nitrogens with two attached hydrogens (primary N) is 1. The Balaban J connectivity index is 0.000000139. The molecule has 702 valence electrons. The number of aryl methyl sites for hydroxylation is 2. The molecule has 5 aromatic heterocycles. The molecule has 17 aromatic rings. The van der Waals surface area contributed by atoms with Gasteiger partial charge in [0.15, 0.2) is 5.78 Å². The number of ketones is 1. The second kappa shape index (κ2) is 57.0. The quantitative estimate of drug-likeness (QED) is 0.0200. The molecule has 3 aliphatic rings. The molecule has 5 unspecified atom stereocenters. The third kappa shape index (κ3) is 33.8. The van der Waals surface area contributed by atoms with Crippen molar-refractivity contribution in [3.63, 3.8) is 0 Å². The molecule has 20 rings (SSSR count). The molecular formula is C121H117Cl3N10O5. The Labute approximate surface area is 833 Å². The second-order valence-electron chi connectivity index (χ2n) is 33.3. The molecule has 1 fully saturated rings. The molecule has 0 aliphatic carbocycles. The van der Waals surface area contributed by atoms with E-state index in [0.29, 0.717) is 56.0 Å². The van der Waals surface area contributed by atoms with Crippen molar-refractivity contribution in [3.05, 3.63) is 567 Å². The highest BCUT2D eigenvalue weighted by Crippen LogP contribution is 2.35. The number of ether oxygens (including phenoxy) is 3. The van der Waals surface area contributed by atoms with Crippen LogP contribution in [0.25, 0.3) is 0 Å². The number of carbonyl (C=O) groups excluding carboxylic acids is 1. The van der Waals surface area contributed by atoms with Gasteiger partial charge < -0.3 is 30.4 Å². The molecule has 0 bridgehead atoms. The van der Waals surface area contributed by atoms with E-state index in [1.807, 2.05) is 268 Å². The first-order chi connectivity index (χ1) is 68.4. The molecule has 0 amide bonds. The molecule has 5 atom stereocenters. The smallest absolute Gasteiger partial charge is 0.193 e. The van der Waals surface area contributed by atoms with E-state index in [2.05, 4.69) is 200 Å². The molecular weight excluding hydrogens is 1780 g/mol. The van der Waals surface area contributed by atoms with Gasteiger partial charge in [-0.05, 0) is 160 Å². The van der Waals surface area contributed by atoms with Crippen molar-refractivity contribution in [1.82, 2.24) is 35.1 Å². The minimum absolute atomic E-state index is 0.0709. The van der Waals surface area contributed by atoms with Crippen LogP contribution in [-0.2, 0) is 67.8 Å². The fourth-order valence-electron chi connectivity index (χ4n) is 15.5. The van der Waals surface area contributed by atoms with Crippen LogP contribution in [0.1, 0.15) is 140 Å². The maximum absolute atomic E-state index is 11.8. The van der Waals surface area contributed by atoms with Crippen LogP contribution in [0, 0.1) is 13.8 Å². The number of hydrogen-bond donors (Lipinski definition) is 3. The van der Waals surface area contributed by atoms with Crippen LogP contribution in [0.3, 0.4) is 0 Å². The summed E-state index contributed by atoms with van der Waals surface area (Å²) in [6, 6.07) is 130. The largest absolute Gasteiger partial charge is 0.491 e. The van der Waals surface area contributed by atoms with Crippen molar-refractivity contribution < 1.29 is 24.1 Å². The van der Waals surface area contributed by atoms with Crippen molar-refractivity contribution in [2.45, 2.75) is 107 Å². The second-order valence-corrected chi connectivity index (χ2v) is 34.1. The van der Waals surface area contributed by atoms with Crippen molar-refractivity contribution >= 4 is 52.0 Å². The van der Waals surface area contributed by atoms with E-state index in [1.165, 1.54) is 50.1 Å². The first-order valence-electron chi connectivity index (χ1n) is 46.7. The third-order valence-electron chi connectivity index (χ3n) is 23.1. The van der Waals surface area contributed by atoms with Gasteiger partial charge in [0.1, 0.15) is 36.9 Å². The number of alkyl halides is 3. The van der Waals surface area contributed by atoms with E-state index in [4.69, 9.17) is 64.7 Å². The number of nitrogens with one attached hydrogen (secondary N) is 1. The SMILES string of the molecule is Cc1ccc(OCC(O)CN2Cc3ccccc3CC2c2cccnc2)cc1.Cc1ccc(OCC2CO2)cc1.ClCc1ccccc1CC(N=C(c1ccccc1)c1ccccc1)c1cccnc1.ClCc1ccccc1CCl.NCc1cccnc1.O=C(c1ccccc1)c1ccccc1.c1ccc(C(=NCc2cccnc2)c2ccccc2)cc1.c1cncc(C2Cc3ccccc3CN2)c1. The Kier molecular flexibility index (Phi) is 41.9. The zero-order valence-electron chi connectivity index (χ0n) is 78.4. The number of pyridine rings is 5. The minimum Gasteiger partial charge on any atom is -0.491 e. The van der Waals surface area contributed by atoms with Crippen LogP contribution in [0.15, 0.2) is 460 Å². The summed E-state index contributed by atoms with van der Waals surface area (Å²) >= 11 is 17.5. The summed E-state index contributed by atoms with van der Waals surface area (Å²) in [5, 5.41) is 14.2. The maximum atomic E-state index is 11.8. The van der Waals surface area contributed by atoms with Gasteiger partial charge in [-0.2, -0.15) is 0 Å². The van der Waals surface area contributed by atoms with Gasteiger partial charge in [-0.15, -0.1) is 34.8 Å². The molecule has 18 heteroatoms. The van der Waals surface area contributed by atoms with E-state index >= 15 is 0 Å². The summed E-state index contributed by atoms with van der Waals surface area (Å²) in [6.45, 7) is 9.46. The summed E-state index contributed by atoms with van der Waals surface area (Å²) in [5.74, 6) is 3.37. The number of β-amino-alcohol motifs (C(OH)–C–C–N with tert-alkyl or cyclic N) is 1. The van der Waals surface area contributed by atoms with Crippen LogP contribution in [0.4, 0.5) is 0 Å². The number of aromatic nitrogens is 5. The van der Waals surface area contributed by atoms with Gasteiger partial charge >= 0.3 is 0 Å². The van der Waals surface area contributed by atoms with Crippen LogP contribution in [0.2, 0.25) is 0 Å². The van der Waals surface area contributed by atoms with Gasteiger partial charge in [0.05, 0.1) is 30.6 Å². The van der Waals surface area contributed by atoms with Gasteiger partial charge in [-0.3, -0.25) is 44.6 Å². The normalized spacial score (nSPS) is 13.8. The molecule has 1 saturated heterocycles. The highest BCUT2D eigenvalue weighted by Gasteiger charge is 2.30. The lowest BCUT2D eigenvalue weighted by atomic mass is 9.90. The van der Waals surface area contributed by atoms with Gasteiger partial charge in [0, 0.05) is 151 Å². The van der Waals surface area contributed by atoms with E-state index in [9.17, 15) is 9.90 Å². The number of epoxide rings is 1. The molecule has 8 heterocycles. The molecule has 4 N–H and O–H groups in total.